The van der Waals surface area contributed by atoms with Crippen molar-refractivity contribution in [1.29, 1.82) is 0 Å². The Kier molecular flexibility index (Phi) is 4.04. The molecule has 1 aromatic rings. The number of methoxy groups -OCH3 is 1. The number of aryl methyl sites for hydroxylation is 1. The summed E-state index contributed by atoms with van der Waals surface area (Å²) in [6.45, 7) is 1.88. The molecule has 2 N–H and O–H groups in total. The number of pyridine rings is 1. The Morgan fingerprint density at radius 3 is 2.68 bits per heavy atom. The third-order valence-electron chi connectivity index (χ3n) is 3.75. The predicted molar refractivity (Wildman–Crippen MR) is 72.2 cm³/mol. The summed E-state index contributed by atoms with van der Waals surface area (Å²) >= 11 is 0. The summed E-state index contributed by atoms with van der Waals surface area (Å²) < 4.78 is 4.69. The Morgan fingerprint density at radius 1 is 1.47 bits per heavy atom. The highest BCUT2D eigenvalue weighted by Gasteiger charge is 2.33. The fourth-order valence-corrected chi connectivity index (χ4v) is 2.60. The second kappa shape index (κ2) is 5.57. The number of hydrogen-bond donors (Lipinski definition) is 2. The number of aromatic nitrogens is 1. The van der Waals surface area contributed by atoms with Gasteiger partial charge in [0.15, 0.2) is 0 Å². The van der Waals surface area contributed by atoms with Gasteiger partial charge in [0.2, 0.25) is 0 Å². The molecule has 0 atom stereocenters. The Balaban J connectivity index is 2.18. The highest BCUT2D eigenvalue weighted by molar-refractivity contribution is 5.90. The van der Waals surface area contributed by atoms with Crippen LogP contribution in [0.2, 0.25) is 0 Å². The van der Waals surface area contributed by atoms with Crippen LogP contribution in [0.5, 0.6) is 0 Å². The average molecular weight is 264 g/mol. The number of ether oxygens (including phenoxy) is 1. The molecule has 1 heterocycles. The number of nitrogens with zero attached hydrogens (tertiary/aromatic N) is 1. The molecule has 104 valence electrons. The van der Waals surface area contributed by atoms with Crippen LogP contribution in [-0.2, 0) is 4.74 Å². The molecule has 5 heteroatoms. The van der Waals surface area contributed by atoms with Crippen molar-refractivity contribution in [3.8, 4) is 0 Å². The smallest absolute Gasteiger partial charge is 0.339 e. The molecule has 0 aromatic carbocycles. The standard InChI is InChI=1S/C14H20N2O3/c1-10-11(13(18)19-2)5-6-12(15-10)16-14(9-17)7-3-4-8-14/h5-6,17H,3-4,7-9H2,1-2H3,(H,15,16). The monoisotopic (exact) mass is 264 g/mol. The van der Waals surface area contributed by atoms with Gasteiger partial charge in [-0.2, -0.15) is 0 Å². The third-order valence-corrected chi connectivity index (χ3v) is 3.75. The van der Waals surface area contributed by atoms with E-state index >= 15 is 0 Å². The molecule has 1 aromatic heterocycles. The molecule has 0 radical (unpaired) electrons. The lowest BCUT2D eigenvalue weighted by Crippen LogP contribution is -2.39. The van der Waals surface area contributed by atoms with Crippen LogP contribution in [0.3, 0.4) is 0 Å². The number of esters is 1. The summed E-state index contributed by atoms with van der Waals surface area (Å²) in [5, 5.41) is 12.9. The van der Waals surface area contributed by atoms with Gasteiger partial charge in [-0.3, -0.25) is 0 Å². The van der Waals surface area contributed by atoms with Gasteiger partial charge in [0.05, 0.1) is 30.5 Å². The molecule has 0 bridgehead atoms. The molecule has 2 rings (SSSR count). The van der Waals surface area contributed by atoms with Gasteiger partial charge in [0, 0.05) is 0 Å². The van der Waals surface area contributed by atoms with E-state index < -0.39 is 0 Å². The Hall–Kier alpha value is -1.62. The van der Waals surface area contributed by atoms with Crippen molar-refractivity contribution in [2.45, 2.75) is 38.1 Å². The first kappa shape index (κ1) is 13.8. The average Bonchev–Trinajstić information content (AvgIpc) is 2.87. The maximum absolute atomic E-state index is 11.5. The normalized spacial score (nSPS) is 17.2. The number of carbonyl (C=O) groups is 1. The summed E-state index contributed by atoms with van der Waals surface area (Å²) in [4.78, 5) is 15.9. The van der Waals surface area contributed by atoms with Crippen molar-refractivity contribution in [1.82, 2.24) is 4.98 Å². The van der Waals surface area contributed by atoms with E-state index in [1.807, 2.05) is 0 Å². The summed E-state index contributed by atoms with van der Waals surface area (Å²) in [6.07, 6.45) is 4.13. The molecular weight excluding hydrogens is 244 g/mol. The maximum atomic E-state index is 11.5. The predicted octanol–water partition coefficient (Wildman–Crippen LogP) is 1.89. The van der Waals surface area contributed by atoms with Crippen LogP contribution in [0.25, 0.3) is 0 Å². The zero-order valence-corrected chi connectivity index (χ0v) is 11.4. The molecule has 1 saturated carbocycles. The van der Waals surface area contributed by atoms with E-state index in [1.165, 1.54) is 7.11 Å². The number of nitrogens with one attached hydrogen (secondary N) is 1. The minimum Gasteiger partial charge on any atom is -0.465 e. The Bertz CT molecular complexity index is 468. The van der Waals surface area contributed by atoms with Crippen molar-refractivity contribution in [2.75, 3.05) is 19.0 Å². The van der Waals surface area contributed by atoms with Gasteiger partial charge < -0.3 is 15.2 Å². The van der Waals surface area contributed by atoms with E-state index in [-0.39, 0.29) is 18.1 Å². The Morgan fingerprint density at radius 2 is 2.16 bits per heavy atom. The SMILES string of the molecule is COC(=O)c1ccc(NC2(CO)CCCC2)nc1C. The highest BCUT2D eigenvalue weighted by Crippen LogP contribution is 2.32. The van der Waals surface area contributed by atoms with Gasteiger partial charge in [-0.15, -0.1) is 0 Å². The molecule has 0 aliphatic heterocycles. The van der Waals surface area contributed by atoms with E-state index in [0.29, 0.717) is 17.1 Å². The van der Waals surface area contributed by atoms with E-state index in [2.05, 4.69) is 10.3 Å². The first-order valence-electron chi connectivity index (χ1n) is 6.55. The lowest BCUT2D eigenvalue weighted by atomic mass is 9.99. The first-order chi connectivity index (χ1) is 9.10. The number of aliphatic hydroxyl groups is 1. The molecule has 0 saturated heterocycles. The number of anilines is 1. The van der Waals surface area contributed by atoms with Gasteiger partial charge in [-0.25, -0.2) is 9.78 Å². The number of hydrogen-bond acceptors (Lipinski definition) is 5. The summed E-state index contributed by atoms with van der Waals surface area (Å²) in [5.41, 5.74) is 0.840. The van der Waals surface area contributed by atoms with Gasteiger partial charge in [-0.05, 0) is 31.9 Å². The molecule has 1 aliphatic carbocycles. The zero-order chi connectivity index (χ0) is 13.9. The van der Waals surface area contributed by atoms with Crippen LogP contribution < -0.4 is 5.32 Å². The van der Waals surface area contributed by atoms with Crippen LogP contribution in [0.15, 0.2) is 12.1 Å². The molecule has 0 spiro atoms. The zero-order valence-electron chi connectivity index (χ0n) is 11.4. The third kappa shape index (κ3) is 2.87. The molecule has 5 nitrogen and oxygen atoms in total. The van der Waals surface area contributed by atoms with Crippen molar-refractivity contribution in [2.24, 2.45) is 0 Å². The van der Waals surface area contributed by atoms with Crippen LogP contribution in [0.1, 0.15) is 41.7 Å². The second-order valence-corrected chi connectivity index (χ2v) is 5.09. The molecule has 1 aliphatic rings. The van der Waals surface area contributed by atoms with E-state index in [1.54, 1.807) is 19.1 Å². The topological polar surface area (TPSA) is 71.5 Å². The van der Waals surface area contributed by atoms with Gasteiger partial charge in [0.25, 0.3) is 0 Å². The number of rotatable bonds is 4. The molecule has 1 fully saturated rings. The minimum atomic E-state index is -0.380. The highest BCUT2D eigenvalue weighted by atomic mass is 16.5. The quantitative estimate of drug-likeness (QED) is 0.813. The van der Waals surface area contributed by atoms with Gasteiger partial charge in [0.1, 0.15) is 5.82 Å². The van der Waals surface area contributed by atoms with E-state index in [4.69, 9.17) is 4.74 Å². The largest absolute Gasteiger partial charge is 0.465 e. The number of carbonyl (C=O) groups excluding carboxylic acids is 1. The molecule has 19 heavy (non-hydrogen) atoms. The van der Waals surface area contributed by atoms with Gasteiger partial charge in [-0.1, -0.05) is 12.8 Å². The van der Waals surface area contributed by atoms with Gasteiger partial charge >= 0.3 is 5.97 Å². The number of aliphatic hydroxyl groups excluding tert-OH is 1. The second-order valence-electron chi connectivity index (χ2n) is 5.09. The molecule has 0 unspecified atom stereocenters. The summed E-state index contributed by atoms with van der Waals surface area (Å²) in [6, 6.07) is 3.46. The van der Waals surface area contributed by atoms with Crippen molar-refractivity contribution in [3.63, 3.8) is 0 Å². The van der Waals surface area contributed by atoms with E-state index in [0.717, 1.165) is 25.7 Å². The first-order valence-corrected chi connectivity index (χ1v) is 6.55. The fourth-order valence-electron chi connectivity index (χ4n) is 2.60. The minimum absolute atomic E-state index is 0.104. The summed E-state index contributed by atoms with van der Waals surface area (Å²) in [7, 11) is 1.35. The van der Waals surface area contributed by atoms with Crippen LogP contribution >= 0.6 is 0 Å². The van der Waals surface area contributed by atoms with E-state index in [9.17, 15) is 9.90 Å². The molecule has 0 amide bonds. The lowest BCUT2D eigenvalue weighted by molar-refractivity contribution is 0.0599. The van der Waals surface area contributed by atoms with Crippen LogP contribution in [0.4, 0.5) is 5.82 Å². The van der Waals surface area contributed by atoms with Crippen molar-refractivity contribution < 1.29 is 14.6 Å². The van der Waals surface area contributed by atoms with Crippen LogP contribution in [-0.4, -0.2) is 35.3 Å². The van der Waals surface area contributed by atoms with Crippen molar-refractivity contribution in [3.05, 3.63) is 23.4 Å². The maximum Gasteiger partial charge on any atom is 0.339 e. The fraction of sp³-hybridized carbons (Fsp3) is 0.571. The van der Waals surface area contributed by atoms with Crippen LogP contribution in [0, 0.1) is 6.92 Å². The lowest BCUT2D eigenvalue weighted by Gasteiger charge is -2.28. The molecular formula is C14H20N2O3. The Labute approximate surface area is 113 Å². The summed E-state index contributed by atoms with van der Waals surface area (Å²) in [5.74, 6) is 0.315. The van der Waals surface area contributed by atoms with Crippen molar-refractivity contribution >= 4 is 11.8 Å².